The Balaban J connectivity index is 4.90. The van der Waals surface area contributed by atoms with E-state index in [1.54, 1.807) is 0 Å². The Hall–Kier alpha value is -0.0400. The summed E-state index contributed by atoms with van der Waals surface area (Å²) in [4.78, 5) is 0. The largest absolute Gasteiger partial charge is 0.324 e. The predicted octanol–water partition coefficient (Wildman–Crippen LogP) is 23.7. The molecular formula is C64H132N+. The van der Waals surface area contributed by atoms with Crippen LogP contribution >= 0.6 is 0 Å². The molecular weight excluding hydrogens is 783 g/mol. The van der Waals surface area contributed by atoms with Crippen molar-refractivity contribution in [3.63, 3.8) is 0 Å². The van der Waals surface area contributed by atoms with Crippen molar-refractivity contribution in [3.8, 4) is 0 Å². The molecule has 0 saturated heterocycles. The molecule has 1 nitrogen and oxygen atoms in total. The van der Waals surface area contributed by atoms with E-state index in [9.17, 15) is 0 Å². The first-order valence-electron chi connectivity index (χ1n) is 32.1. The van der Waals surface area contributed by atoms with Gasteiger partial charge in [-0.3, -0.25) is 0 Å². The third-order valence-electron chi connectivity index (χ3n) is 15.9. The summed E-state index contributed by atoms with van der Waals surface area (Å²) in [6.45, 7) is 15.3. The molecule has 0 saturated carbocycles. The van der Waals surface area contributed by atoms with Crippen molar-refractivity contribution in [3.05, 3.63) is 0 Å². The minimum Gasteiger partial charge on any atom is -0.324 e. The molecule has 0 N–H and O–H groups in total. The summed E-state index contributed by atoms with van der Waals surface area (Å²) < 4.78 is 1.49. The lowest BCUT2D eigenvalue weighted by molar-refractivity contribution is -0.929. The molecule has 0 aliphatic rings. The van der Waals surface area contributed by atoms with Crippen LogP contribution in [0.15, 0.2) is 0 Å². The predicted molar refractivity (Wildman–Crippen MR) is 301 cm³/mol. The van der Waals surface area contributed by atoms with E-state index in [-0.39, 0.29) is 0 Å². The lowest BCUT2D eigenvalue weighted by Crippen LogP contribution is -2.50. The van der Waals surface area contributed by atoms with Crippen LogP contribution in [0.3, 0.4) is 0 Å². The molecule has 0 atom stereocenters. The Morgan fingerprint density at radius 2 is 0.215 bits per heavy atom. The fraction of sp³-hybridized carbons (Fsp3) is 1.00. The zero-order chi connectivity index (χ0) is 46.9. The molecule has 0 radical (unpaired) electrons. The van der Waals surface area contributed by atoms with Crippen LogP contribution in [0.2, 0.25) is 0 Å². The fourth-order valence-electron chi connectivity index (χ4n) is 11.2. The van der Waals surface area contributed by atoms with Crippen molar-refractivity contribution in [2.45, 2.75) is 387 Å². The molecule has 65 heavy (non-hydrogen) atoms. The van der Waals surface area contributed by atoms with Crippen LogP contribution in [0.4, 0.5) is 0 Å². The van der Waals surface area contributed by atoms with Gasteiger partial charge in [0, 0.05) is 0 Å². The highest BCUT2D eigenvalue weighted by Crippen LogP contribution is 2.23. The van der Waals surface area contributed by atoms with Gasteiger partial charge in [-0.15, -0.1) is 0 Å². The van der Waals surface area contributed by atoms with E-state index in [0.29, 0.717) is 0 Å². The first-order chi connectivity index (χ1) is 32.2. The van der Waals surface area contributed by atoms with Gasteiger partial charge in [-0.1, -0.05) is 336 Å². The number of hydrogen-bond acceptors (Lipinski definition) is 0. The number of unbranched alkanes of at least 4 members (excludes halogenated alkanes) is 52. The molecule has 0 rings (SSSR count). The van der Waals surface area contributed by atoms with Crippen LogP contribution < -0.4 is 0 Å². The van der Waals surface area contributed by atoms with Gasteiger partial charge in [0.2, 0.25) is 0 Å². The second-order valence-electron chi connectivity index (χ2n) is 22.6. The molecule has 0 aliphatic heterocycles. The number of hydrogen-bond donors (Lipinski definition) is 0. The fourth-order valence-corrected chi connectivity index (χ4v) is 11.2. The molecule has 0 heterocycles. The van der Waals surface area contributed by atoms with Crippen molar-refractivity contribution in [2.24, 2.45) is 0 Å². The lowest BCUT2D eigenvalue weighted by atomic mass is 10.0. The maximum atomic E-state index is 2.34. The van der Waals surface area contributed by atoms with E-state index in [1.165, 1.54) is 390 Å². The van der Waals surface area contributed by atoms with Crippen molar-refractivity contribution < 1.29 is 4.48 Å². The first kappa shape index (κ1) is 65.0. The molecule has 0 aromatic heterocycles. The van der Waals surface area contributed by atoms with Gasteiger partial charge in [-0.2, -0.15) is 0 Å². The van der Waals surface area contributed by atoms with Crippen molar-refractivity contribution in [1.82, 2.24) is 0 Å². The average molecular weight is 916 g/mol. The second kappa shape index (κ2) is 58.3. The Labute approximate surface area is 416 Å². The monoisotopic (exact) mass is 915 g/mol. The first-order valence-corrected chi connectivity index (χ1v) is 32.1. The number of rotatable bonds is 60. The highest BCUT2D eigenvalue weighted by Gasteiger charge is 2.26. The third-order valence-corrected chi connectivity index (χ3v) is 15.9. The van der Waals surface area contributed by atoms with Crippen molar-refractivity contribution in [2.75, 3.05) is 26.2 Å². The third kappa shape index (κ3) is 53.2. The van der Waals surface area contributed by atoms with Gasteiger partial charge in [0.1, 0.15) is 0 Å². The van der Waals surface area contributed by atoms with E-state index in [4.69, 9.17) is 0 Å². The molecule has 0 fully saturated rings. The van der Waals surface area contributed by atoms with Gasteiger partial charge >= 0.3 is 0 Å². The molecule has 1 heteroatoms. The molecule has 0 spiro atoms. The molecule has 0 aromatic rings. The lowest BCUT2D eigenvalue weighted by Gasteiger charge is -2.40. The molecule has 392 valence electrons. The van der Waals surface area contributed by atoms with E-state index in [0.717, 1.165) is 0 Å². The van der Waals surface area contributed by atoms with Crippen LogP contribution in [-0.4, -0.2) is 30.7 Å². The zero-order valence-electron chi connectivity index (χ0n) is 46.9. The molecule has 0 aliphatic carbocycles. The van der Waals surface area contributed by atoms with Crippen LogP contribution in [0.1, 0.15) is 387 Å². The van der Waals surface area contributed by atoms with Gasteiger partial charge in [-0.25, -0.2) is 0 Å². The molecule has 0 amide bonds. The quantitative estimate of drug-likeness (QED) is 0.0421. The van der Waals surface area contributed by atoms with Crippen LogP contribution in [0.25, 0.3) is 0 Å². The van der Waals surface area contributed by atoms with Gasteiger partial charge in [-0.05, 0) is 51.4 Å². The van der Waals surface area contributed by atoms with Gasteiger partial charge in [0.25, 0.3) is 0 Å². The highest BCUT2D eigenvalue weighted by atomic mass is 15.3. The Kier molecular flexibility index (Phi) is 58.2. The average Bonchev–Trinajstić information content (AvgIpc) is 3.32. The summed E-state index contributed by atoms with van der Waals surface area (Å²) in [6.07, 6.45) is 82.7. The minimum absolute atomic E-state index is 1.37. The van der Waals surface area contributed by atoms with E-state index < -0.39 is 0 Å². The summed E-state index contributed by atoms with van der Waals surface area (Å²) in [5, 5.41) is 0. The van der Waals surface area contributed by atoms with Crippen LogP contribution in [0.5, 0.6) is 0 Å². The normalized spacial score (nSPS) is 12.0. The smallest absolute Gasteiger partial charge is 0.0786 e. The van der Waals surface area contributed by atoms with Gasteiger partial charge < -0.3 is 4.48 Å². The van der Waals surface area contributed by atoms with Crippen LogP contribution in [-0.2, 0) is 0 Å². The number of quaternary nitrogens is 1. The zero-order valence-corrected chi connectivity index (χ0v) is 46.9. The standard InChI is InChI=1S/C64H132N/c1-5-9-13-17-21-25-29-33-34-35-36-40-44-48-52-56-60-64-65(61-57-53-49-45-41-37-30-26-22-18-14-10-6-2,62-58-54-50-46-42-38-31-27-23-19-15-11-7-3)63-59-55-51-47-43-39-32-28-24-20-16-12-8-4/h5-64H2,1-4H3/q+1. The van der Waals surface area contributed by atoms with E-state index >= 15 is 0 Å². The summed E-state index contributed by atoms with van der Waals surface area (Å²) in [5.41, 5.74) is 0. The summed E-state index contributed by atoms with van der Waals surface area (Å²) in [7, 11) is 0. The van der Waals surface area contributed by atoms with Crippen LogP contribution in [0, 0.1) is 0 Å². The topological polar surface area (TPSA) is 0 Å². The highest BCUT2D eigenvalue weighted by molar-refractivity contribution is 4.58. The number of nitrogens with zero attached hydrogens (tertiary/aromatic N) is 1. The van der Waals surface area contributed by atoms with Gasteiger partial charge in [0.15, 0.2) is 0 Å². The minimum atomic E-state index is 1.37. The molecule has 0 unspecified atom stereocenters. The Morgan fingerprint density at radius 3 is 0.323 bits per heavy atom. The van der Waals surface area contributed by atoms with Crippen molar-refractivity contribution in [1.29, 1.82) is 0 Å². The van der Waals surface area contributed by atoms with Crippen molar-refractivity contribution >= 4 is 0 Å². The summed E-state index contributed by atoms with van der Waals surface area (Å²) in [6, 6.07) is 0. The summed E-state index contributed by atoms with van der Waals surface area (Å²) >= 11 is 0. The molecule has 0 bridgehead atoms. The SMILES string of the molecule is CCCCCCCCCCCCCCCCCCC[N+](CCCCCCCCCCCCCCC)(CCCCCCCCCCCCCCC)CCCCCCCCCCCCCCC. The van der Waals surface area contributed by atoms with E-state index in [2.05, 4.69) is 27.7 Å². The maximum absolute atomic E-state index is 2.34. The van der Waals surface area contributed by atoms with Gasteiger partial charge in [0.05, 0.1) is 26.2 Å². The maximum Gasteiger partial charge on any atom is 0.0786 e. The Morgan fingerprint density at radius 1 is 0.123 bits per heavy atom. The van der Waals surface area contributed by atoms with E-state index in [1.807, 2.05) is 0 Å². The second-order valence-corrected chi connectivity index (χ2v) is 22.6. The Bertz CT molecular complexity index is 729. The summed E-state index contributed by atoms with van der Waals surface area (Å²) in [5.74, 6) is 0. The molecule has 0 aromatic carbocycles.